The summed E-state index contributed by atoms with van der Waals surface area (Å²) in [4.78, 5) is 24.1. The van der Waals surface area contributed by atoms with Crippen molar-refractivity contribution in [3.63, 3.8) is 0 Å². The third-order valence-corrected chi connectivity index (χ3v) is 3.47. The van der Waals surface area contributed by atoms with E-state index >= 15 is 0 Å². The molecule has 2 aromatic rings. The van der Waals surface area contributed by atoms with Crippen molar-refractivity contribution in [1.29, 1.82) is 5.26 Å². The quantitative estimate of drug-likeness (QED) is 0.663. The van der Waals surface area contributed by atoms with Crippen LogP contribution in [0.3, 0.4) is 0 Å². The van der Waals surface area contributed by atoms with Gasteiger partial charge in [-0.15, -0.1) is 0 Å². The molecule has 0 spiro atoms. The molecule has 0 heterocycles. The fourth-order valence-corrected chi connectivity index (χ4v) is 2.22. The third-order valence-electron chi connectivity index (χ3n) is 3.22. The number of anilines is 2. The summed E-state index contributed by atoms with van der Waals surface area (Å²) in [5.41, 5.74) is 0.790. The van der Waals surface area contributed by atoms with E-state index in [2.05, 4.69) is 5.32 Å². The Balaban J connectivity index is 2.13. The van der Waals surface area contributed by atoms with Crippen LogP contribution in [0.25, 0.3) is 0 Å². The Labute approximate surface area is 143 Å². The van der Waals surface area contributed by atoms with E-state index in [1.54, 1.807) is 31.3 Å². The molecular formula is C16H13ClN4O3. The number of nitro benzene ring substituents is 1. The predicted molar refractivity (Wildman–Crippen MR) is 91.2 cm³/mol. The van der Waals surface area contributed by atoms with E-state index in [0.717, 1.165) is 0 Å². The Morgan fingerprint density at radius 2 is 2.00 bits per heavy atom. The van der Waals surface area contributed by atoms with Gasteiger partial charge in [-0.1, -0.05) is 11.6 Å². The first-order chi connectivity index (χ1) is 11.4. The first-order valence-corrected chi connectivity index (χ1v) is 7.23. The van der Waals surface area contributed by atoms with Gasteiger partial charge in [0.15, 0.2) is 0 Å². The SMILES string of the molecule is CN(CC(=O)Nc1ccc(Cl)cc1)c1ccc(C#N)cc1[N+](=O)[O-]. The van der Waals surface area contributed by atoms with Crippen LogP contribution in [0.4, 0.5) is 17.1 Å². The number of amides is 1. The minimum Gasteiger partial charge on any atom is -0.360 e. The van der Waals surface area contributed by atoms with Gasteiger partial charge in [-0.3, -0.25) is 14.9 Å². The van der Waals surface area contributed by atoms with E-state index in [1.165, 1.54) is 23.1 Å². The van der Waals surface area contributed by atoms with Crippen LogP contribution in [0, 0.1) is 21.4 Å². The van der Waals surface area contributed by atoms with Crippen molar-refractivity contribution >= 4 is 34.6 Å². The summed E-state index contributed by atoms with van der Waals surface area (Å²) >= 11 is 5.78. The molecule has 0 atom stereocenters. The van der Waals surface area contributed by atoms with Gasteiger partial charge < -0.3 is 10.2 Å². The van der Waals surface area contributed by atoms with Crippen LogP contribution in [-0.2, 0) is 4.79 Å². The molecule has 2 aromatic carbocycles. The van der Waals surface area contributed by atoms with Crippen LogP contribution < -0.4 is 10.2 Å². The number of hydrogen-bond acceptors (Lipinski definition) is 5. The monoisotopic (exact) mass is 344 g/mol. The van der Waals surface area contributed by atoms with Crippen molar-refractivity contribution in [3.05, 3.63) is 63.2 Å². The summed E-state index contributed by atoms with van der Waals surface area (Å²) in [5, 5.41) is 23.2. The summed E-state index contributed by atoms with van der Waals surface area (Å²) in [6.07, 6.45) is 0. The Morgan fingerprint density at radius 3 is 2.58 bits per heavy atom. The van der Waals surface area contributed by atoms with E-state index in [-0.39, 0.29) is 29.4 Å². The van der Waals surface area contributed by atoms with Crippen LogP contribution in [0.5, 0.6) is 0 Å². The lowest BCUT2D eigenvalue weighted by Crippen LogP contribution is -2.30. The number of nitriles is 1. The third kappa shape index (κ3) is 4.21. The molecule has 122 valence electrons. The Bertz CT molecular complexity index is 815. The number of nitrogens with zero attached hydrogens (tertiary/aromatic N) is 3. The lowest BCUT2D eigenvalue weighted by Gasteiger charge is -2.18. The van der Waals surface area contributed by atoms with Gasteiger partial charge in [0.2, 0.25) is 5.91 Å². The molecule has 7 nitrogen and oxygen atoms in total. The number of carbonyl (C=O) groups is 1. The number of rotatable bonds is 5. The minimum atomic E-state index is -0.580. The van der Waals surface area contributed by atoms with Gasteiger partial charge in [-0.2, -0.15) is 5.26 Å². The second-order valence-corrected chi connectivity index (χ2v) is 5.42. The van der Waals surface area contributed by atoms with Crippen LogP contribution >= 0.6 is 11.6 Å². The highest BCUT2D eigenvalue weighted by Gasteiger charge is 2.19. The molecule has 0 saturated heterocycles. The normalized spacial score (nSPS) is 9.88. The zero-order chi connectivity index (χ0) is 17.7. The van der Waals surface area contributed by atoms with Gasteiger partial charge in [0.05, 0.1) is 23.1 Å². The van der Waals surface area contributed by atoms with Crippen molar-refractivity contribution in [1.82, 2.24) is 0 Å². The number of halogens is 1. The maximum Gasteiger partial charge on any atom is 0.293 e. The molecule has 0 saturated carbocycles. The molecule has 1 N–H and O–H groups in total. The van der Waals surface area contributed by atoms with Crippen LogP contribution in [0.2, 0.25) is 5.02 Å². The van der Waals surface area contributed by atoms with Crippen molar-refractivity contribution < 1.29 is 9.72 Å². The van der Waals surface area contributed by atoms with Crippen molar-refractivity contribution in [2.24, 2.45) is 0 Å². The molecule has 0 aliphatic carbocycles. The van der Waals surface area contributed by atoms with Gasteiger partial charge in [-0.05, 0) is 36.4 Å². The maximum atomic E-state index is 12.1. The molecule has 0 bridgehead atoms. The average molecular weight is 345 g/mol. The molecule has 0 aliphatic rings. The number of nitro groups is 1. The Kier molecular flexibility index (Phi) is 5.35. The van der Waals surface area contributed by atoms with E-state index in [0.29, 0.717) is 10.7 Å². The smallest absolute Gasteiger partial charge is 0.293 e. The number of carbonyl (C=O) groups excluding carboxylic acids is 1. The second kappa shape index (κ2) is 7.44. The first kappa shape index (κ1) is 17.2. The minimum absolute atomic E-state index is 0.0879. The average Bonchev–Trinajstić information content (AvgIpc) is 2.56. The fourth-order valence-electron chi connectivity index (χ4n) is 2.10. The van der Waals surface area contributed by atoms with E-state index in [1.807, 2.05) is 6.07 Å². The highest BCUT2D eigenvalue weighted by atomic mass is 35.5. The zero-order valence-corrected chi connectivity index (χ0v) is 13.4. The second-order valence-electron chi connectivity index (χ2n) is 4.98. The molecule has 1 amide bonds. The Hall–Kier alpha value is -3.11. The number of benzene rings is 2. The number of hydrogen-bond donors (Lipinski definition) is 1. The van der Waals surface area contributed by atoms with Crippen molar-refractivity contribution in [2.75, 3.05) is 23.8 Å². The molecule has 0 aliphatic heterocycles. The van der Waals surface area contributed by atoms with E-state index in [4.69, 9.17) is 16.9 Å². The summed E-state index contributed by atoms with van der Waals surface area (Å²) in [5.74, 6) is -0.335. The van der Waals surface area contributed by atoms with E-state index in [9.17, 15) is 14.9 Å². The molecule has 24 heavy (non-hydrogen) atoms. The molecule has 0 unspecified atom stereocenters. The first-order valence-electron chi connectivity index (χ1n) is 6.86. The van der Waals surface area contributed by atoms with Crippen molar-refractivity contribution in [2.45, 2.75) is 0 Å². The van der Waals surface area contributed by atoms with E-state index < -0.39 is 4.92 Å². The van der Waals surface area contributed by atoms with Gasteiger partial charge in [0.25, 0.3) is 5.69 Å². The highest BCUT2D eigenvalue weighted by molar-refractivity contribution is 6.30. The van der Waals surface area contributed by atoms with Gasteiger partial charge in [-0.25, -0.2) is 0 Å². The summed E-state index contributed by atoms with van der Waals surface area (Å²) in [6, 6.07) is 12.6. The Morgan fingerprint density at radius 1 is 1.33 bits per heavy atom. The maximum absolute atomic E-state index is 12.1. The summed E-state index contributed by atoms with van der Waals surface area (Å²) in [7, 11) is 1.57. The highest BCUT2D eigenvalue weighted by Crippen LogP contribution is 2.28. The summed E-state index contributed by atoms with van der Waals surface area (Å²) < 4.78 is 0. The molecule has 0 radical (unpaired) electrons. The number of nitrogens with one attached hydrogen (secondary N) is 1. The van der Waals surface area contributed by atoms with Crippen molar-refractivity contribution in [3.8, 4) is 6.07 Å². The van der Waals surface area contributed by atoms with Crippen LogP contribution in [-0.4, -0.2) is 24.4 Å². The topological polar surface area (TPSA) is 99.3 Å². The van der Waals surface area contributed by atoms with Crippen LogP contribution in [0.15, 0.2) is 42.5 Å². The van der Waals surface area contributed by atoms with Crippen LogP contribution in [0.1, 0.15) is 5.56 Å². The lowest BCUT2D eigenvalue weighted by molar-refractivity contribution is -0.384. The fraction of sp³-hybridized carbons (Fsp3) is 0.125. The number of likely N-dealkylation sites (N-methyl/N-ethyl adjacent to an activating group) is 1. The molecule has 2 rings (SSSR count). The van der Waals surface area contributed by atoms with Gasteiger partial charge >= 0.3 is 0 Å². The molecule has 0 aromatic heterocycles. The standard InChI is InChI=1S/C16H13ClN4O3/c1-20(10-16(22)19-13-5-3-12(17)4-6-13)14-7-2-11(9-18)8-15(14)21(23)24/h2-8H,10H2,1H3,(H,19,22). The van der Waals surface area contributed by atoms with Gasteiger partial charge in [0.1, 0.15) is 5.69 Å². The summed E-state index contributed by atoms with van der Waals surface area (Å²) in [6.45, 7) is -0.0879. The molecular weight excluding hydrogens is 332 g/mol. The molecule has 8 heteroatoms. The molecule has 0 fully saturated rings. The van der Waals surface area contributed by atoms with Gasteiger partial charge in [0, 0.05) is 23.8 Å². The largest absolute Gasteiger partial charge is 0.360 e. The lowest BCUT2D eigenvalue weighted by atomic mass is 10.1. The zero-order valence-electron chi connectivity index (χ0n) is 12.7. The predicted octanol–water partition coefficient (Wildman–Crippen LogP) is 3.19.